The van der Waals surface area contributed by atoms with Gasteiger partial charge in [0.2, 0.25) is 0 Å². The Morgan fingerprint density at radius 2 is 2.35 bits per heavy atom. The van der Waals surface area contributed by atoms with Crippen LogP contribution in [0.1, 0.15) is 18.4 Å². The van der Waals surface area contributed by atoms with Crippen LogP contribution in [0.4, 0.5) is 0 Å². The van der Waals surface area contributed by atoms with Gasteiger partial charge in [-0.3, -0.25) is 0 Å². The molecule has 0 radical (unpaired) electrons. The van der Waals surface area contributed by atoms with Gasteiger partial charge in [-0.25, -0.2) is 0 Å². The van der Waals surface area contributed by atoms with Crippen molar-refractivity contribution in [1.29, 1.82) is 0 Å². The van der Waals surface area contributed by atoms with E-state index in [4.69, 9.17) is 28.6 Å². The number of nitrogens with one attached hydrogen (secondary N) is 1. The molecule has 1 atom stereocenters. The second-order valence-corrected chi connectivity index (χ2v) is 7.00. The maximum atomic E-state index is 6.23. The quantitative estimate of drug-likeness (QED) is 0.843. The van der Waals surface area contributed by atoms with E-state index in [9.17, 15) is 0 Å². The minimum absolute atomic E-state index is 0.252. The van der Waals surface area contributed by atoms with Crippen LogP contribution >= 0.6 is 35.2 Å². The van der Waals surface area contributed by atoms with Gasteiger partial charge < -0.3 is 14.6 Å². The fraction of sp³-hybridized carbons (Fsp3) is 0.375. The van der Waals surface area contributed by atoms with Gasteiger partial charge in [-0.05, 0) is 36.7 Å². The summed E-state index contributed by atoms with van der Waals surface area (Å²) >= 11 is 13.1. The maximum absolute atomic E-state index is 6.23. The van der Waals surface area contributed by atoms with Crippen LogP contribution in [0, 0.1) is 0 Å². The summed E-state index contributed by atoms with van der Waals surface area (Å²) in [6.07, 6.45) is 4.46. The average Bonchev–Trinajstić information content (AvgIpc) is 3.20. The highest BCUT2D eigenvalue weighted by Crippen LogP contribution is 2.15. The SMILES string of the molecule is S=C(N=c1sccn1Cc1ccccc1Cl)NCC1CCCO1. The predicted octanol–water partition coefficient (Wildman–Crippen LogP) is 3.21. The van der Waals surface area contributed by atoms with Crippen molar-refractivity contribution in [3.05, 3.63) is 51.2 Å². The molecule has 1 aliphatic heterocycles. The zero-order valence-corrected chi connectivity index (χ0v) is 15.0. The van der Waals surface area contributed by atoms with Crippen LogP contribution in [0.25, 0.3) is 0 Å². The van der Waals surface area contributed by atoms with Gasteiger partial charge >= 0.3 is 0 Å². The topological polar surface area (TPSA) is 38.5 Å². The second-order valence-electron chi connectivity index (χ2n) is 5.34. The molecule has 4 nitrogen and oxygen atoms in total. The molecular weight excluding hydrogens is 350 g/mol. The lowest BCUT2D eigenvalue weighted by Crippen LogP contribution is -2.31. The first-order valence-electron chi connectivity index (χ1n) is 7.54. The number of ether oxygens (including phenoxy) is 1. The summed E-state index contributed by atoms with van der Waals surface area (Å²) in [5.41, 5.74) is 1.06. The molecule has 2 aromatic rings. The van der Waals surface area contributed by atoms with Crippen LogP contribution in [-0.2, 0) is 11.3 Å². The molecule has 1 N–H and O–H groups in total. The van der Waals surface area contributed by atoms with Crippen LogP contribution in [0.3, 0.4) is 0 Å². The zero-order valence-electron chi connectivity index (χ0n) is 12.6. The fourth-order valence-electron chi connectivity index (χ4n) is 2.45. The summed E-state index contributed by atoms with van der Waals surface area (Å²) in [4.78, 5) is 5.37. The van der Waals surface area contributed by atoms with Gasteiger partial charge in [0.05, 0.1) is 12.6 Å². The molecule has 1 aliphatic rings. The van der Waals surface area contributed by atoms with Crippen LogP contribution in [0.5, 0.6) is 0 Å². The molecule has 0 saturated carbocycles. The lowest BCUT2D eigenvalue weighted by molar-refractivity contribution is 0.114. The zero-order chi connectivity index (χ0) is 16.1. The Hall–Kier alpha value is -1.21. The van der Waals surface area contributed by atoms with E-state index in [1.165, 1.54) is 0 Å². The number of hydrogen-bond donors (Lipinski definition) is 1. The van der Waals surface area contributed by atoms with Crippen LogP contribution in [0.2, 0.25) is 5.02 Å². The fourth-order valence-corrected chi connectivity index (χ4v) is 3.61. The number of rotatable bonds is 4. The number of benzene rings is 1. The van der Waals surface area contributed by atoms with E-state index in [1.807, 2.05) is 40.4 Å². The molecule has 0 amide bonds. The number of aromatic nitrogens is 1. The van der Waals surface area contributed by atoms with Crippen molar-refractivity contribution < 1.29 is 4.74 Å². The summed E-state index contributed by atoms with van der Waals surface area (Å²) in [6, 6.07) is 7.83. The molecule has 122 valence electrons. The molecule has 1 fully saturated rings. The third-order valence-corrected chi connectivity index (χ3v) is 5.06. The highest BCUT2D eigenvalue weighted by Gasteiger charge is 2.15. The average molecular weight is 368 g/mol. The Morgan fingerprint density at radius 1 is 1.48 bits per heavy atom. The standard InChI is InChI=1S/C16H18ClN3OS2/c17-14-6-2-1-4-12(14)11-20-7-9-23-16(20)19-15(22)18-10-13-5-3-8-21-13/h1-2,4,6-7,9,13H,3,5,8,10-11H2,(H,18,22). The van der Waals surface area contributed by atoms with Crippen molar-refractivity contribution in [2.45, 2.75) is 25.5 Å². The number of thiazole rings is 1. The molecule has 0 aliphatic carbocycles. The van der Waals surface area contributed by atoms with E-state index in [0.29, 0.717) is 11.7 Å². The summed E-state index contributed by atoms with van der Waals surface area (Å²) in [7, 11) is 0. The molecule has 2 heterocycles. The highest BCUT2D eigenvalue weighted by atomic mass is 35.5. The molecule has 0 bridgehead atoms. The number of nitrogens with zero attached hydrogens (tertiary/aromatic N) is 2. The van der Waals surface area contributed by atoms with E-state index >= 15 is 0 Å². The third kappa shape index (κ3) is 4.64. The Balaban J connectivity index is 1.67. The van der Waals surface area contributed by atoms with Gasteiger partial charge in [0, 0.05) is 29.8 Å². The second kappa shape index (κ2) is 8.06. The molecule has 0 spiro atoms. The van der Waals surface area contributed by atoms with E-state index in [0.717, 1.165) is 41.4 Å². The lowest BCUT2D eigenvalue weighted by Gasteiger charge is -2.10. The smallest absolute Gasteiger partial charge is 0.195 e. The van der Waals surface area contributed by atoms with Crippen molar-refractivity contribution in [2.24, 2.45) is 4.99 Å². The van der Waals surface area contributed by atoms with E-state index in [1.54, 1.807) is 11.3 Å². The molecule has 1 unspecified atom stereocenters. The Bertz CT molecular complexity index is 735. The first-order chi connectivity index (χ1) is 11.2. The largest absolute Gasteiger partial charge is 0.376 e. The first kappa shape index (κ1) is 16.6. The number of halogens is 1. The van der Waals surface area contributed by atoms with Gasteiger partial charge in [-0.2, -0.15) is 4.99 Å². The van der Waals surface area contributed by atoms with Crippen LogP contribution in [-0.4, -0.2) is 28.9 Å². The van der Waals surface area contributed by atoms with E-state index < -0.39 is 0 Å². The monoisotopic (exact) mass is 367 g/mol. The molecule has 7 heteroatoms. The first-order valence-corrected chi connectivity index (χ1v) is 9.20. The van der Waals surface area contributed by atoms with E-state index in [2.05, 4.69) is 10.3 Å². The maximum Gasteiger partial charge on any atom is 0.195 e. The number of hydrogen-bond acceptors (Lipinski definition) is 3. The summed E-state index contributed by atoms with van der Waals surface area (Å²) < 4.78 is 7.62. The minimum atomic E-state index is 0.252. The Morgan fingerprint density at radius 3 is 3.13 bits per heavy atom. The van der Waals surface area contributed by atoms with Crippen LogP contribution < -0.4 is 10.1 Å². The molecule has 1 aromatic carbocycles. The molecule has 1 aromatic heterocycles. The molecular formula is C16H18ClN3OS2. The predicted molar refractivity (Wildman–Crippen MR) is 98.0 cm³/mol. The van der Waals surface area contributed by atoms with Crippen LogP contribution in [0.15, 0.2) is 40.8 Å². The van der Waals surface area contributed by atoms with Gasteiger partial charge in [-0.15, -0.1) is 11.3 Å². The Labute approximate surface area is 149 Å². The third-order valence-electron chi connectivity index (χ3n) is 3.66. The summed E-state index contributed by atoms with van der Waals surface area (Å²) in [5.74, 6) is 0. The molecule has 3 rings (SSSR count). The van der Waals surface area contributed by atoms with Crippen molar-refractivity contribution >= 4 is 40.3 Å². The van der Waals surface area contributed by atoms with Gasteiger partial charge in [0.1, 0.15) is 0 Å². The van der Waals surface area contributed by atoms with Gasteiger partial charge in [0.25, 0.3) is 0 Å². The lowest BCUT2D eigenvalue weighted by atomic mass is 10.2. The van der Waals surface area contributed by atoms with E-state index in [-0.39, 0.29) is 6.10 Å². The molecule has 23 heavy (non-hydrogen) atoms. The Kier molecular flexibility index (Phi) is 5.83. The highest BCUT2D eigenvalue weighted by molar-refractivity contribution is 7.80. The summed E-state index contributed by atoms with van der Waals surface area (Å²) in [5, 5.41) is 6.43. The minimum Gasteiger partial charge on any atom is -0.376 e. The van der Waals surface area contributed by atoms with Crippen molar-refractivity contribution in [2.75, 3.05) is 13.2 Å². The summed E-state index contributed by atoms with van der Waals surface area (Å²) in [6.45, 7) is 2.24. The van der Waals surface area contributed by atoms with Crippen molar-refractivity contribution in [1.82, 2.24) is 9.88 Å². The number of thiocarbonyl (C=S) groups is 1. The normalized spacial score (nSPS) is 18.3. The van der Waals surface area contributed by atoms with Gasteiger partial charge in [-0.1, -0.05) is 29.8 Å². The van der Waals surface area contributed by atoms with Gasteiger partial charge in [0.15, 0.2) is 9.91 Å². The van der Waals surface area contributed by atoms with Crippen molar-refractivity contribution in [3.63, 3.8) is 0 Å². The van der Waals surface area contributed by atoms with Crippen molar-refractivity contribution in [3.8, 4) is 0 Å². The molecule has 1 saturated heterocycles.